The molecular formula is C27H40N4O5S. The number of likely N-dealkylation sites (tertiary alicyclic amines) is 1. The van der Waals surface area contributed by atoms with Gasteiger partial charge in [0.2, 0.25) is 11.8 Å². The Morgan fingerprint density at radius 2 is 1.78 bits per heavy atom. The fraction of sp³-hybridized carbons (Fsp3) is 0.630. The highest BCUT2D eigenvalue weighted by molar-refractivity contribution is 8.12. The normalized spacial score (nSPS) is 25.2. The van der Waals surface area contributed by atoms with Crippen molar-refractivity contribution >= 4 is 35.2 Å². The number of rotatable bonds is 7. The molecule has 0 saturated carbocycles. The van der Waals surface area contributed by atoms with Crippen LogP contribution in [0, 0.1) is 5.92 Å². The summed E-state index contributed by atoms with van der Waals surface area (Å²) in [6.45, 7) is 12.9. The quantitative estimate of drug-likeness (QED) is 0.494. The molecule has 3 unspecified atom stereocenters. The fourth-order valence-corrected chi connectivity index (χ4v) is 5.55. The summed E-state index contributed by atoms with van der Waals surface area (Å²) in [7, 11) is 0. The highest BCUT2D eigenvalue weighted by Gasteiger charge is 2.42. The number of ether oxygens (including phenoxy) is 1. The average molecular weight is 533 g/mol. The van der Waals surface area contributed by atoms with E-state index in [9.17, 15) is 19.5 Å². The number of carbonyl (C=O) groups excluding carboxylic acids is 3. The second kappa shape index (κ2) is 11.9. The Hall–Kier alpha value is -2.59. The maximum Gasteiger partial charge on any atom is 0.408 e. The van der Waals surface area contributed by atoms with Crippen molar-refractivity contribution < 1.29 is 24.2 Å². The van der Waals surface area contributed by atoms with Crippen LogP contribution in [0.25, 0.3) is 0 Å². The summed E-state index contributed by atoms with van der Waals surface area (Å²) < 4.78 is 5.32. The van der Waals surface area contributed by atoms with Crippen molar-refractivity contribution in [1.29, 1.82) is 0 Å². The molecule has 2 aliphatic heterocycles. The van der Waals surface area contributed by atoms with Crippen LogP contribution in [0.1, 0.15) is 77.3 Å². The molecule has 1 fully saturated rings. The molecule has 0 aliphatic carbocycles. The van der Waals surface area contributed by atoms with Crippen molar-refractivity contribution in [3.63, 3.8) is 0 Å². The molecule has 1 aromatic carbocycles. The van der Waals surface area contributed by atoms with Crippen molar-refractivity contribution in [2.45, 2.75) is 96.0 Å². The molecule has 0 spiro atoms. The SMILES string of the molecule is CC1N=CSC1c1ccc([C@H](C)NC(=O)[C@@H]2CC(O)CN2C(=O)[C@@H](NC(=O)OC(C)(C)C)C(C)C)cc1. The van der Waals surface area contributed by atoms with Crippen LogP contribution in [0.5, 0.6) is 0 Å². The lowest BCUT2D eigenvalue weighted by molar-refractivity contribution is -0.141. The molecule has 2 aliphatic rings. The Balaban J connectivity index is 1.67. The van der Waals surface area contributed by atoms with E-state index in [1.165, 1.54) is 10.5 Å². The van der Waals surface area contributed by atoms with Gasteiger partial charge in [-0.3, -0.25) is 14.6 Å². The Bertz CT molecular complexity index is 1010. The van der Waals surface area contributed by atoms with Crippen molar-refractivity contribution in [3.8, 4) is 0 Å². The number of hydrogen-bond acceptors (Lipinski definition) is 7. The molecule has 3 N–H and O–H groups in total. The van der Waals surface area contributed by atoms with Gasteiger partial charge >= 0.3 is 6.09 Å². The molecule has 0 radical (unpaired) electrons. The molecule has 10 heteroatoms. The zero-order chi connectivity index (χ0) is 27.5. The summed E-state index contributed by atoms with van der Waals surface area (Å²) in [5, 5.41) is 16.3. The molecule has 1 aromatic rings. The van der Waals surface area contributed by atoms with Crippen LogP contribution in [0.3, 0.4) is 0 Å². The van der Waals surface area contributed by atoms with Gasteiger partial charge in [0.1, 0.15) is 17.7 Å². The minimum Gasteiger partial charge on any atom is -0.444 e. The number of hydrogen-bond donors (Lipinski definition) is 3. The lowest BCUT2D eigenvalue weighted by atomic mass is 10.0. The van der Waals surface area contributed by atoms with Crippen LogP contribution in [0.15, 0.2) is 29.3 Å². The number of aliphatic hydroxyl groups excluding tert-OH is 1. The molecular weight excluding hydrogens is 492 g/mol. The summed E-state index contributed by atoms with van der Waals surface area (Å²) in [5.74, 6) is -1.00. The summed E-state index contributed by atoms with van der Waals surface area (Å²) in [6, 6.07) is 6.33. The smallest absolute Gasteiger partial charge is 0.408 e. The van der Waals surface area contributed by atoms with Crippen LogP contribution in [0.4, 0.5) is 4.79 Å². The largest absolute Gasteiger partial charge is 0.444 e. The number of β-amino-alcohol motifs (C(OH)–C–C–N with tert-alkyl or cyclic N) is 1. The van der Waals surface area contributed by atoms with Crippen LogP contribution in [-0.2, 0) is 14.3 Å². The second-order valence-electron chi connectivity index (χ2n) is 11.2. The Morgan fingerprint density at radius 3 is 2.32 bits per heavy atom. The minimum absolute atomic E-state index is 0.0263. The van der Waals surface area contributed by atoms with E-state index in [1.807, 2.05) is 38.5 Å². The lowest BCUT2D eigenvalue weighted by Gasteiger charge is -2.31. The van der Waals surface area contributed by atoms with Gasteiger partial charge in [0.05, 0.1) is 29.0 Å². The molecule has 3 rings (SSSR count). The van der Waals surface area contributed by atoms with E-state index < -0.39 is 35.8 Å². The third-order valence-electron chi connectivity index (χ3n) is 6.54. The first kappa shape index (κ1) is 29.0. The highest BCUT2D eigenvalue weighted by Crippen LogP contribution is 2.37. The standard InChI is InChI=1S/C27H40N4O5S/c1-15(2)22(30-26(35)36-27(5,6)7)25(34)31-13-20(32)12-21(31)24(33)29-16(3)18-8-10-19(11-9-18)23-17(4)28-14-37-23/h8-11,14-17,20-23,32H,12-13H2,1-7H3,(H,29,33)(H,30,35)/t16-,17?,20?,21-,22-,23?/m0/s1. The molecule has 37 heavy (non-hydrogen) atoms. The first-order chi connectivity index (χ1) is 17.3. The number of nitrogens with one attached hydrogen (secondary N) is 2. The van der Waals surface area contributed by atoms with Crippen LogP contribution >= 0.6 is 11.8 Å². The third-order valence-corrected chi connectivity index (χ3v) is 7.74. The number of nitrogens with zero attached hydrogens (tertiary/aromatic N) is 2. The summed E-state index contributed by atoms with van der Waals surface area (Å²) >= 11 is 1.70. The first-order valence-electron chi connectivity index (χ1n) is 12.8. The lowest BCUT2D eigenvalue weighted by Crippen LogP contribution is -2.55. The van der Waals surface area contributed by atoms with E-state index in [-0.39, 0.29) is 36.9 Å². The molecule has 204 valence electrons. The van der Waals surface area contributed by atoms with Gasteiger partial charge in [-0.2, -0.15) is 0 Å². The highest BCUT2D eigenvalue weighted by atomic mass is 32.2. The third kappa shape index (κ3) is 7.47. The van der Waals surface area contributed by atoms with E-state index in [0.717, 1.165) is 5.56 Å². The van der Waals surface area contributed by atoms with E-state index in [4.69, 9.17) is 4.74 Å². The molecule has 6 atom stereocenters. The molecule has 0 aromatic heterocycles. The Labute approximate surface area is 223 Å². The van der Waals surface area contributed by atoms with Gasteiger partial charge in [-0.1, -0.05) is 38.1 Å². The van der Waals surface area contributed by atoms with E-state index >= 15 is 0 Å². The maximum absolute atomic E-state index is 13.4. The van der Waals surface area contributed by atoms with E-state index in [0.29, 0.717) is 5.25 Å². The number of aliphatic imine (C=N–C) groups is 1. The van der Waals surface area contributed by atoms with Crippen molar-refractivity contribution in [3.05, 3.63) is 35.4 Å². The Kier molecular flexibility index (Phi) is 9.28. The van der Waals surface area contributed by atoms with Crippen LogP contribution in [-0.4, -0.2) is 69.8 Å². The van der Waals surface area contributed by atoms with E-state index in [1.54, 1.807) is 32.5 Å². The Morgan fingerprint density at radius 1 is 1.14 bits per heavy atom. The predicted octanol–water partition coefficient (Wildman–Crippen LogP) is 3.58. The van der Waals surface area contributed by atoms with Gasteiger partial charge in [-0.15, -0.1) is 11.8 Å². The average Bonchev–Trinajstić information content (AvgIpc) is 3.41. The number of aliphatic hydroxyl groups is 1. The number of amides is 3. The van der Waals surface area contributed by atoms with E-state index in [2.05, 4.69) is 34.7 Å². The van der Waals surface area contributed by atoms with Gasteiger partial charge < -0.3 is 25.4 Å². The second-order valence-corrected chi connectivity index (χ2v) is 12.2. The molecule has 9 nitrogen and oxygen atoms in total. The maximum atomic E-state index is 13.4. The van der Waals surface area contributed by atoms with Crippen molar-refractivity contribution in [2.75, 3.05) is 6.54 Å². The number of thioether (sulfide) groups is 1. The summed E-state index contributed by atoms with van der Waals surface area (Å²) in [5.41, 5.74) is 3.31. The predicted molar refractivity (Wildman–Crippen MR) is 145 cm³/mol. The molecule has 1 saturated heterocycles. The molecule has 3 amide bonds. The summed E-state index contributed by atoms with van der Waals surface area (Å²) in [6.07, 6.45) is -1.39. The topological polar surface area (TPSA) is 120 Å². The molecule has 2 heterocycles. The van der Waals surface area contributed by atoms with Gasteiger partial charge in [0.15, 0.2) is 0 Å². The van der Waals surface area contributed by atoms with Gasteiger partial charge in [-0.25, -0.2) is 4.79 Å². The van der Waals surface area contributed by atoms with Gasteiger partial charge in [0.25, 0.3) is 0 Å². The summed E-state index contributed by atoms with van der Waals surface area (Å²) in [4.78, 5) is 44.9. The number of carbonyl (C=O) groups is 3. The van der Waals surface area contributed by atoms with Crippen molar-refractivity contribution in [2.24, 2.45) is 10.9 Å². The molecule has 0 bridgehead atoms. The van der Waals surface area contributed by atoms with Crippen molar-refractivity contribution in [1.82, 2.24) is 15.5 Å². The zero-order valence-corrected chi connectivity index (χ0v) is 23.5. The van der Waals surface area contributed by atoms with Gasteiger partial charge in [0, 0.05) is 13.0 Å². The minimum atomic E-state index is -0.889. The monoisotopic (exact) mass is 532 g/mol. The van der Waals surface area contributed by atoms with Crippen LogP contribution in [0.2, 0.25) is 0 Å². The van der Waals surface area contributed by atoms with Gasteiger partial charge in [-0.05, 0) is 51.7 Å². The first-order valence-corrected chi connectivity index (χ1v) is 13.8. The zero-order valence-electron chi connectivity index (χ0n) is 22.7. The fourth-order valence-electron chi connectivity index (χ4n) is 4.55. The van der Waals surface area contributed by atoms with Crippen LogP contribution < -0.4 is 10.6 Å². The number of benzene rings is 1. The number of alkyl carbamates (subject to hydrolysis) is 1.